The Balaban J connectivity index is 2.85. The molecule has 0 bridgehead atoms. The summed E-state index contributed by atoms with van der Waals surface area (Å²) in [5.41, 5.74) is -0.850. The third kappa shape index (κ3) is 3.33. The summed E-state index contributed by atoms with van der Waals surface area (Å²) < 4.78 is 30.8. The number of rotatable bonds is 5. The maximum Gasteiger partial charge on any atom is 0.313 e. The first-order valence-electron chi connectivity index (χ1n) is 4.96. The number of aryl methyl sites for hydroxylation is 1. The molecule has 0 amide bonds. The molecule has 0 aromatic carbocycles. The van der Waals surface area contributed by atoms with Gasteiger partial charge in [-0.1, -0.05) is 0 Å². The molecule has 1 heterocycles. The molecule has 0 aliphatic heterocycles. The number of ether oxygens (including phenoxy) is 1. The molecule has 0 unspecified atom stereocenters. The number of carbonyl (C=O) groups is 2. The molecular formula is C10H12F2N2O3. The molecule has 94 valence electrons. The van der Waals surface area contributed by atoms with E-state index in [9.17, 15) is 18.4 Å². The Bertz CT molecular complexity index is 429. The number of carbonyl (C=O) groups excluding carboxylic acids is 2. The third-order valence-electron chi connectivity index (χ3n) is 1.97. The van der Waals surface area contributed by atoms with Gasteiger partial charge in [0.25, 0.3) is 6.43 Å². The van der Waals surface area contributed by atoms with Crippen LogP contribution in [0.4, 0.5) is 8.78 Å². The van der Waals surface area contributed by atoms with Gasteiger partial charge in [0, 0.05) is 13.2 Å². The number of alkyl halides is 2. The smallest absolute Gasteiger partial charge is 0.313 e. The van der Waals surface area contributed by atoms with Gasteiger partial charge < -0.3 is 4.74 Å². The number of aromatic nitrogens is 2. The van der Waals surface area contributed by atoms with Crippen LogP contribution in [0.3, 0.4) is 0 Å². The van der Waals surface area contributed by atoms with E-state index in [1.54, 1.807) is 6.92 Å². The lowest BCUT2D eigenvalue weighted by molar-refractivity contribution is -0.141. The number of hydrogen-bond donors (Lipinski definition) is 0. The third-order valence-corrected chi connectivity index (χ3v) is 1.97. The second-order valence-electron chi connectivity index (χ2n) is 3.31. The van der Waals surface area contributed by atoms with Gasteiger partial charge in [0.05, 0.1) is 12.2 Å². The van der Waals surface area contributed by atoms with Crippen molar-refractivity contribution in [2.75, 3.05) is 6.61 Å². The summed E-state index contributed by atoms with van der Waals surface area (Å²) in [6.07, 6.45) is -2.24. The molecule has 7 heteroatoms. The van der Waals surface area contributed by atoms with Crippen molar-refractivity contribution in [2.45, 2.75) is 19.8 Å². The summed E-state index contributed by atoms with van der Waals surface area (Å²) in [5.74, 6) is -1.45. The summed E-state index contributed by atoms with van der Waals surface area (Å²) in [6.45, 7) is 1.73. The first-order valence-corrected chi connectivity index (χ1v) is 4.96. The van der Waals surface area contributed by atoms with Crippen molar-refractivity contribution in [3.8, 4) is 0 Å². The lowest BCUT2D eigenvalue weighted by atomic mass is 10.1. The SMILES string of the molecule is CCOC(=O)CC(=O)c1cn(C)nc1C(F)F. The van der Waals surface area contributed by atoms with E-state index in [0.29, 0.717) is 0 Å². The highest BCUT2D eigenvalue weighted by Crippen LogP contribution is 2.22. The van der Waals surface area contributed by atoms with Crippen LogP contribution in [0.5, 0.6) is 0 Å². The molecule has 5 nitrogen and oxygen atoms in total. The lowest BCUT2D eigenvalue weighted by Crippen LogP contribution is -2.12. The van der Waals surface area contributed by atoms with Gasteiger partial charge in [-0.15, -0.1) is 0 Å². The van der Waals surface area contributed by atoms with E-state index in [0.717, 1.165) is 4.68 Å². The first kappa shape index (κ1) is 13.3. The Morgan fingerprint density at radius 2 is 2.18 bits per heavy atom. The molecule has 0 aliphatic carbocycles. The lowest BCUT2D eigenvalue weighted by Gasteiger charge is -2.01. The monoisotopic (exact) mass is 246 g/mol. The van der Waals surface area contributed by atoms with E-state index >= 15 is 0 Å². The van der Waals surface area contributed by atoms with Crippen LogP contribution in [-0.2, 0) is 16.6 Å². The zero-order valence-corrected chi connectivity index (χ0v) is 9.44. The number of ketones is 1. The van der Waals surface area contributed by atoms with E-state index < -0.39 is 30.3 Å². The highest BCUT2D eigenvalue weighted by atomic mass is 19.3. The molecule has 1 rings (SSSR count). The minimum atomic E-state index is -2.85. The van der Waals surface area contributed by atoms with Crippen LogP contribution in [0.2, 0.25) is 0 Å². The molecule has 0 saturated carbocycles. The molecule has 0 N–H and O–H groups in total. The van der Waals surface area contributed by atoms with Crippen LogP contribution >= 0.6 is 0 Å². The van der Waals surface area contributed by atoms with Gasteiger partial charge in [-0.25, -0.2) is 8.78 Å². The molecule has 0 fully saturated rings. The summed E-state index contributed by atoms with van der Waals surface area (Å²) in [6, 6.07) is 0. The van der Waals surface area contributed by atoms with Crippen LogP contribution in [0.25, 0.3) is 0 Å². The second kappa shape index (κ2) is 5.51. The zero-order valence-electron chi connectivity index (χ0n) is 9.44. The minimum absolute atomic E-state index is 0.140. The largest absolute Gasteiger partial charge is 0.466 e. The summed E-state index contributed by atoms with van der Waals surface area (Å²) in [5, 5.41) is 3.48. The van der Waals surface area contributed by atoms with E-state index in [4.69, 9.17) is 0 Å². The molecule has 0 radical (unpaired) electrons. The van der Waals surface area contributed by atoms with Gasteiger partial charge in [-0.3, -0.25) is 14.3 Å². The normalized spacial score (nSPS) is 10.6. The van der Waals surface area contributed by atoms with Crippen molar-refractivity contribution in [2.24, 2.45) is 7.05 Å². The van der Waals surface area contributed by atoms with Crippen molar-refractivity contribution >= 4 is 11.8 Å². The molecule has 0 spiro atoms. The van der Waals surface area contributed by atoms with Crippen molar-refractivity contribution in [3.63, 3.8) is 0 Å². The first-order chi connectivity index (χ1) is 7.95. The topological polar surface area (TPSA) is 61.2 Å². The van der Waals surface area contributed by atoms with Crippen LogP contribution in [0, 0.1) is 0 Å². The summed E-state index contributed by atoms with van der Waals surface area (Å²) in [4.78, 5) is 22.6. The number of nitrogens with zero attached hydrogens (tertiary/aromatic N) is 2. The van der Waals surface area contributed by atoms with E-state index in [1.807, 2.05) is 0 Å². The van der Waals surface area contributed by atoms with Crippen LogP contribution in [0.1, 0.15) is 35.8 Å². The second-order valence-corrected chi connectivity index (χ2v) is 3.31. The van der Waals surface area contributed by atoms with Gasteiger partial charge in [-0.05, 0) is 6.92 Å². The standard InChI is InChI=1S/C10H12F2N2O3/c1-3-17-8(16)4-7(15)6-5-14(2)13-9(6)10(11)12/h5,10H,3-4H2,1-2H3. The van der Waals surface area contributed by atoms with Crippen molar-refractivity contribution in [1.29, 1.82) is 0 Å². The van der Waals surface area contributed by atoms with Gasteiger partial charge in [-0.2, -0.15) is 5.10 Å². The predicted molar refractivity (Wildman–Crippen MR) is 53.7 cm³/mol. The fourth-order valence-electron chi connectivity index (χ4n) is 1.32. The van der Waals surface area contributed by atoms with Gasteiger partial charge in [0.15, 0.2) is 5.78 Å². The van der Waals surface area contributed by atoms with Crippen molar-refractivity contribution < 1.29 is 23.1 Å². The highest BCUT2D eigenvalue weighted by Gasteiger charge is 2.24. The van der Waals surface area contributed by atoms with Gasteiger partial charge in [0.1, 0.15) is 12.1 Å². The van der Waals surface area contributed by atoms with Crippen molar-refractivity contribution in [1.82, 2.24) is 9.78 Å². The van der Waals surface area contributed by atoms with E-state index in [1.165, 1.54) is 13.2 Å². The maximum atomic E-state index is 12.5. The number of hydrogen-bond acceptors (Lipinski definition) is 4. The van der Waals surface area contributed by atoms with Gasteiger partial charge >= 0.3 is 5.97 Å². The Morgan fingerprint density at radius 3 is 2.71 bits per heavy atom. The molecule has 0 saturated heterocycles. The maximum absolute atomic E-state index is 12.5. The average molecular weight is 246 g/mol. The summed E-state index contributed by atoms with van der Waals surface area (Å²) >= 11 is 0. The molecule has 0 aliphatic rings. The minimum Gasteiger partial charge on any atom is -0.466 e. The Morgan fingerprint density at radius 1 is 1.53 bits per heavy atom. The number of halogens is 2. The van der Waals surface area contributed by atoms with Crippen LogP contribution in [-0.4, -0.2) is 28.1 Å². The Kier molecular flexibility index (Phi) is 4.30. The molecule has 1 aromatic rings. The Hall–Kier alpha value is -1.79. The summed E-state index contributed by atoms with van der Waals surface area (Å²) in [7, 11) is 1.42. The fourth-order valence-corrected chi connectivity index (χ4v) is 1.32. The molecule has 17 heavy (non-hydrogen) atoms. The fraction of sp³-hybridized carbons (Fsp3) is 0.500. The van der Waals surface area contributed by atoms with Crippen molar-refractivity contribution in [3.05, 3.63) is 17.5 Å². The predicted octanol–water partition coefficient (Wildman–Crippen LogP) is 1.49. The Labute approximate surface area is 96.4 Å². The highest BCUT2D eigenvalue weighted by molar-refractivity contribution is 6.06. The molecule has 1 aromatic heterocycles. The number of esters is 1. The zero-order chi connectivity index (χ0) is 13.0. The quantitative estimate of drug-likeness (QED) is 0.448. The molecule has 0 atom stereocenters. The van der Waals surface area contributed by atoms with E-state index in [-0.39, 0.29) is 12.2 Å². The number of Topliss-reactive ketones (excluding diaryl/α,β-unsaturated/α-hetero) is 1. The average Bonchev–Trinajstić information content (AvgIpc) is 2.60. The van der Waals surface area contributed by atoms with Gasteiger partial charge in [0.2, 0.25) is 0 Å². The van der Waals surface area contributed by atoms with Crippen LogP contribution < -0.4 is 0 Å². The molecular weight excluding hydrogens is 234 g/mol. The van der Waals surface area contributed by atoms with E-state index in [2.05, 4.69) is 9.84 Å². The van der Waals surface area contributed by atoms with Crippen LogP contribution in [0.15, 0.2) is 6.20 Å².